The highest BCUT2D eigenvalue weighted by atomic mass is 16.4. The van der Waals surface area contributed by atoms with E-state index >= 15 is 0 Å². The van der Waals surface area contributed by atoms with Gasteiger partial charge in [-0.1, -0.05) is 27.7 Å². The van der Waals surface area contributed by atoms with E-state index < -0.39 is 145 Å². The van der Waals surface area contributed by atoms with Gasteiger partial charge in [0, 0.05) is 13.1 Å². The Hall–Kier alpha value is -5.91. The standard InChI is InChI=1S/C36H57N9O15/c1-16(2)11-20(34(57)44-9-5-7-23(44)31(54)39-19(14-27(50)51)30(53)41-21(36(59)60)13-25(38)47)40-33(56)28(17(3)4)43-32(55)24-8-6-10-45(24)35(58)22(15-46)42-29(52)18(37)12-26(48)49/h16-24,28,46H,5-15,37H2,1-4H3,(H2,38,47)(H,39,54)(H,40,56)(H,41,53)(H,42,52)(H,43,55)(H,48,49)(H,50,51)(H,59,60)/t18-,19-,20-,21-,22-,23-,24-,28-/m0/s1. The molecule has 2 heterocycles. The Kier molecular flexibility index (Phi) is 19.3. The van der Waals surface area contributed by atoms with Crippen molar-refractivity contribution in [2.45, 2.75) is 127 Å². The van der Waals surface area contributed by atoms with Crippen LogP contribution < -0.4 is 38.1 Å². The molecule has 2 saturated heterocycles. The van der Waals surface area contributed by atoms with Crippen LogP contribution in [0.25, 0.3) is 0 Å². The monoisotopic (exact) mass is 855 g/mol. The number of carboxylic acids is 3. The second-order valence-electron chi connectivity index (χ2n) is 15.5. The third-order valence-corrected chi connectivity index (χ3v) is 9.81. The molecular formula is C36H57N9O15. The van der Waals surface area contributed by atoms with Crippen LogP contribution in [-0.4, -0.2) is 163 Å². The smallest absolute Gasteiger partial charge is 0.326 e. The molecule has 2 aliphatic rings. The zero-order valence-corrected chi connectivity index (χ0v) is 33.9. The van der Waals surface area contributed by atoms with Crippen LogP contribution >= 0.6 is 0 Å². The number of rotatable bonds is 23. The lowest BCUT2D eigenvalue weighted by Crippen LogP contribution is -2.61. The Morgan fingerprint density at radius 2 is 1.10 bits per heavy atom. The molecule has 2 aliphatic heterocycles. The summed E-state index contributed by atoms with van der Waals surface area (Å²) in [6.45, 7) is 5.99. The zero-order chi connectivity index (χ0) is 45.6. The highest BCUT2D eigenvalue weighted by Gasteiger charge is 2.42. The number of hydrogen-bond acceptors (Lipinski definition) is 13. The first-order valence-corrected chi connectivity index (χ1v) is 19.4. The van der Waals surface area contributed by atoms with Gasteiger partial charge in [-0.3, -0.25) is 47.9 Å². The molecule has 336 valence electrons. The van der Waals surface area contributed by atoms with Crippen molar-refractivity contribution in [3.05, 3.63) is 0 Å². The fourth-order valence-corrected chi connectivity index (χ4v) is 6.82. The maximum Gasteiger partial charge on any atom is 0.326 e. The summed E-state index contributed by atoms with van der Waals surface area (Å²) in [6.07, 6.45) is -1.57. The zero-order valence-electron chi connectivity index (χ0n) is 33.9. The lowest BCUT2D eigenvalue weighted by molar-refractivity contribution is -0.146. The number of aliphatic hydroxyl groups excluding tert-OH is 1. The largest absolute Gasteiger partial charge is 0.481 e. The van der Waals surface area contributed by atoms with Gasteiger partial charge in [-0.05, 0) is 43.9 Å². The third-order valence-electron chi connectivity index (χ3n) is 9.81. The topological polar surface area (TPSA) is 387 Å². The highest BCUT2D eigenvalue weighted by molar-refractivity contribution is 5.99. The van der Waals surface area contributed by atoms with Crippen molar-refractivity contribution < 1.29 is 73.2 Å². The Balaban J connectivity index is 2.24. The number of nitrogens with one attached hydrogen (secondary N) is 5. The van der Waals surface area contributed by atoms with E-state index in [-0.39, 0.29) is 38.3 Å². The molecule has 0 saturated carbocycles. The minimum Gasteiger partial charge on any atom is -0.481 e. The first-order valence-electron chi connectivity index (χ1n) is 19.4. The number of nitrogens with two attached hydrogens (primary N) is 2. The van der Waals surface area contributed by atoms with Gasteiger partial charge in [0.05, 0.1) is 31.9 Å². The second-order valence-corrected chi connectivity index (χ2v) is 15.5. The summed E-state index contributed by atoms with van der Waals surface area (Å²) in [5.74, 6) is -12.6. The van der Waals surface area contributed by atoms with Gasteiger partial charge >= 0.3 is 17.9 Å². The maximum atomic E-state index is 14.1. The molecule has 2 rings (SSSR count). The molecular weight excluding hydrogens is 798 g/mol. The van der Waals surface area contributed by atoms with Crippen molar-refractivity contribution in [2.75, 3.05) is 19.7 Å². The normalized spacial score (nSPS) is 19.3. The molecule has 0 aliphatic carbocycles. The predicted molar refractivity (Wildman–Crippen MR) is 204 cm³/mol. The first kappa shape index (κ1) is 50.2. The number of carbonyl (C=O) groups is 11. The van der Waals surface area contributed by atoms with E-state index in [1.54, 1.807) is 27.7 Å². The van der Waals surface area contributed by atoms with Crippen molar-refractivity contribution in [1.29, 1.82) is 0 Å². The SMILES string of the molecule is CC(C)C[C@H](NC(=O)[C@@H](NC(=O)[C@@H]1CCCN1C(=O)[C@H](CO)NC(=O)[C@@H](N)CC(=O)O)C(C)C)C(=O)N1CCC[C@H]1C(=O)N[C@@H](CC(=O)O)C(=O)N[C@@H](CC(N)=O)C(=O)O. The van der Waals surface area contributed by atoms with Crippen LogP contribution in [-0.2, 0) is 52.7 Å². The van der Waals surface area contributed by atoms with E-state index in [4.69, 9.17) is 16.6 Å². The lowest BCUT2D eigenvalue weighted by atomic mass is 9.99. The van der Waals surface area contributed by atoms with Crippen molar-refractivity contribution in [2.24, 2.45) is 23.3 Å². The van der Waals surface area contributed by atoms with Gasteiger partial charge in [0.2, 0.25) is 47.3 Å². The second kappa shape index (κ2) is 23.0. The minimum atomic E-state index is -1.82. The molecule has 13 N–H and O–H groups in total. The van der Waals surface area contributed by atoms with Gasteiger partial charge in [-0.2, -0.15) is 0 Å². The molecule has 0 radical (unpaired) electrons. The van der Waals surface area contributed by atoms with Gasteiger partial charge < -0.3 is 68.3 Å². The van der Waals surface area contributed by atoms with Gasteiger partial charge in [0.1, 0.15) is 42.3 Å². The molecule has 0 unspecified atom stereocenters. The molecule has 0 spiro atoms. The summed E-state index contributed by atoms with van der Waals surface area (Å²) in [5, 5.41) is 49.3. The van der Waals surface area contributed by atoms with Crippen LogP contribution in [0.4, 0.5) is 0 Å². The predicted octanol–water partition coefficient (Wildman–Crippen LogP) is -4.68. The molecule has 0 bridgehead atoms. The van der Waals surface area contributed by atoms with Crippen LogP contribution in [0.5, 0.6) is 0 Å². The quantitative estimate of drug-likeness (QED) is 0.0460. The Labute approximate surface area is 344 Å². The van der Waals surface area contributed by atoms with Crippen molar-refractivity contribution in [1.82, 2.24) is 36.4 Å². The van der Waals surface area contributed by atoms with Crippen LogP contribution in [0.2, 0.25) is 0 Å². The summed E-state index contributed by atoms with van der Waals surface area (Å²) in [4.78, 5) is 141. The number of nitrogens with zero attached hydrogens (tertiary/aromatic N) is 2. The lowest BCUT2D eigenvalue weighted by Gasteiger charge is -2.32. The van der Waals surface area contributed by atoms with Gasteiger partial charge in [-0.25, -0.2) is 4.79 Å². The molecule has 24 nitrogen and oxygen atoms in total. The number of amides is 8. The van der Waals surface area contributed by atoms with Crippen LogP contribution in [0, 0.1) is 11.8 Å². The summed E-state index contributed by atoms with van der Waals surface area (Å²) in [5.41, 5.74) is 10.6. The van der Waals surface area contributed by atoms with Gasteiger partial charge in [0.15, 0.2) is 0 Å². The van der Waals surface area contributed by atoms with Gasteiger partial charge in [-0.15, -0.1) is 0 Å². The number of hydrogen-bond donors (Lipinski definition) is 11. The number of carbonyl (C=O) groups excluding carboxylic acids is 8. The van der Waals surface area contributed by atoms with E-state index in [0.29, 0.717) is 12.8 Å². The fraction of sp³-hybridized carbons (Fsp3) is 0.694. The number of primary amides is 1. The summed E-state index contributed by atoms with van der Waals surface area (Å²) in [6, 6.07) is -11.6. The van der Waals surface area contributed by atoms with Crippen molar-refractivity contribution in [3.8, 4) is 0 Å². The van der Waals surface area contributed by atoms with E-state index in [2.05, 4.69) is 21.3 Å². The van der Waals surface area contributed by atoms with Crippen LogP contribution in [0.3, 0.4) is 0 Å². The number of likely N-dealkylation sites (tertiary alicyclic amines) is 2. The summed E-state index contributed by atoms with van der Waals surface area (Å²) >= 11 is 0. The summed E-state index contributed by atoms with van der Waals surface area (Å²) < 4.78 is 0. The number of aliphatic carboxylic acids is 3. The maximum absolute atomic E-state index is 14.1. The minimum absolute atomic E-state index is 0.0353. The Morgan fingerprint density at radius 3 is 1.55 bits per heavy atom. The number of carboxylic acid groups (broad SMARTS) is 3. The van der Waals surface area contributed by atoms with E-state index in [0.717, 1.165) is 4.90 Å². The van der Waals surface area contributed by atoms with E-state index in [9.17, 15) is 68.1 Å². The highest BCUT2D eigenvalue weighted by Crippen LogP contribution is 2.22. The fourth-order valence-electron chi connectivity index (χ4n) is 6.82. The van der Waals surface area contributed by atoms with Gasteiger partial charge in [0.25, 0.3) is 0 Å². The average molecular weight is 856 g/mol. The van der Waals surface area contributed by atoms with Crippen molar-refractivity contribution >= 4 is 65.2 Å². The molecule has 2 fully saturated rings. The van der Waals surface area contributed by atoms with E-state index in [1.165, 1.54) is 4.90 Å². The molecule has 8 amide bonds. The average Bonchev–Trinajstić information content (AvgIpc) is 3.84. The molecule has 0 aromatic heterocycles. The third kappa shape index (κ3) is 14.7. The van der Waals surface area contributed by atoms with Crippen LogP contribution in [0.15, 0.2) is 0 Å². The molecule has 0 aromatic carbocycles. The van der Waals surface area contributed by atoms with Crippen molar-refractivity contribution in [3.63, 3.8) is 0 Å². The Bertz CT molecular complexity index is 1660. The Morgan fingerprint density at radius 1 is 0.617 bits per heavy atom. The molecule has 0 aromatic rings. The molecule has 60 heavy (non-hydrogen) atoms. The number of aliphatic hydroxyl groups is 1. The summed E-state index contributed by atoms with van der Waals surface area (Å²) in [7, 11) is 0. The van der Waals surface area contributed by atoms with Crippen LogP contribution in [0.1, 0.15) is 79.1 Å². The first-order chi connectivity index (χ1) is 28.0. The molecule has 8 atom stereocenters. The van der Waals surface area contributed by atoms with E-state index in [1.807, 2.05) is 5.32 Å². The molecule has 24 heteroatoms.